The first-order valence-corrected chi connectivity index (χ1v) is 9.01. The van der Waals surface area contributed by atoms with Crippen molar-refractivity contribution in [1.82, 2.24) is 5.32 Å². The molecule has 2 N–H and O–H groups in total. The molecule has 1 aromatic rings. The van der Waals surface area contributed by atoms with Gasteiger partial charge in [0, 0.05) is 37.3 Å². The highest BCUT2D eigenvalue weighted by molar-refractivity contribution is 6.00. The van der Waals surface area contributed by atoms with Crippen LogP contribution in [0.1, 0.15) is 45.4 Å². The standard InChI is InChI=1S/C19H25N3O3/c1-13(23)20-16-7-9-17(10-8-16)22-12-14(11-18(22)24)19(25)21-15-5-3-2-4-6-15/h7-10,14-15H,2-6,11-12H2,1H3,(H,20,23)(H,21,25)/t14-/m1/s1. The van der Waals surface area contributed by atoms with Crippen LogP contribution in [0, 0.1) is 5.92 Å². The second-order valence-electron chi connectivity index (χ2n) is 6.98. The van der Waals surface area contributed by atoms with Crippen molar-refractivity contribution >= 4 is 29.1 Å². The summed E-state index contributed by atoms with van der Waals surface area (Å²) in [6.07, 6.45) is 5.92. The molecule has 1 aromatic carbocycles. The molecule has 6 nitrogen and oxygen atoms in total. The van der Waals surface area contributed by atoms with E-state index in [4.69, 9.17) is 0 Å². The SMILES string of the molecule is CC(=O)Nc1ccc(N2C[C@H](C(=O)NC3CCCCC3)CC2=O)cc1. The van der Waals surface area contributed by atoms with Gasteiger partial charge in [0.25, 0.3) is 0 Å². The summed E-state index contributed by atoms with van der Waals surface area (Å²) in [5.41, 5.74) is 1.45. The molecular weight excluding hydrogens is 318 g/mol. The van der Waals surface area contributed by atoms with E-state index in [-0.39, 0.29) is 36.1 Å². The van der Waals surface area contributed by atoms with Gasteiger partial charge in [-0.15, -0.1) is 0 Å². The monoisotopic (exact) mass is 343 g/mol. The van der Waals surface area contributed by atoms with Gasteiger partial charge >= 0.3 is 0 Å². The Hall–Kier alpha value is -2.37. The summed E-state index contributed by atoms with van der Waals surface area (Å²) in [6.45, 7) is 1.87. The summed E-state index contributed by atoms with van der Waals surface area (Å²) in [4.78, 5) is 37.5. The van der Waals surface area contributed by atoms with Gasteiger partial charge in [-0.25, -0.2) is 0 Å². The van der Waals surface area contributed by atoms with Crippen molar-refractivity contribution in [3.05, 3.63) is 24.3 Å². The molecule has 0 radical (unpaired) electrons. The van der Waals surface area contributed by atoms with Gasteiger partial charge in [-0.2, -0.15) is 0 Å². The van der Waals surface area contributed by atoms with Crippen molar-refractivity contribution in [3.63, 3.8) is 0 Å². The summed E-state index contributed by atoms with van der Waals surface area (Å²) in [5.74, 6) is -0.456. The van der Waals surface area contributed by atoms with Gasteiger partial charge < -0.3 is 15.5 Å². The maximum atomic E-state index is 12.5. The number of nitrogens with one attached hydrogen (secondary N) is 2. The van der Waals surface area contributed by atoms with Crippen molar-refractivity contribution in [1.29, 1.82) is 0 Å². The molecule has 3 rings (SSSR count). The minimum absolute atomic E-state index is 0.00221. The van der Waals surface area contributed by atoms with Gasteiger partial charge in [-0.1, -0.05) is 19.3 Å². The fourth-order valence-electron chi connectivity index (χ4n) is 3.63. The Morgan fingerprint density at radius 1 is 1.08 bits per heavy atom. The molecule has 25 heavy (non-hydrogen) atoms. The third-order valence-electron chi connectivity index (χ3n) is 4.95. The molecule has 0 spiro atoms. The maximum absolute atomic E-state index is 12.5. The molecule has 0 unspecified atom stereocenters. The van der Waals surface area contributed by atoms with Crippen LogP contribution in [-0.2, 0) is 14.4 Å². The van der Waals surface area contributed by atoms with Crippen LogP contribution in [0.5, 0.6) is 0 Å². The zero-order chi connectivity index (χ0) is 17.8. The van der Waals surface area contributed by atoms with Crippen LogP contribution in [0.4, 0.5) is 11.4 Å². The summed E-state index contributed by atoms with van der Waals surface area (Å²) in [6, 6.07) is 7.39. The zero-order valence-corrected chi connectivity index (χ0v) is 14.6. The molecule has 0 bridgehead atoms. The number of hydrogen-bond acceptors (Lipinski definition) is 3. The van der Waals surface area contributed by atoms with E-state index in [1.807, 2.05) is 0 Å². The second kappa shape index (κ2) is 7.68. The van der Waals surface area contributed by atoms with Crippen molar-refractivity contribution < 1.29 is 14.4 Å². The molecule has 3 amide bonds. The molecule has 0 aromatic heterocycles. The molecule has 1 aliphatic carbocycles. The Morgan fingerprint density at radius 3 is 2.40 bits per heavy atom. The summed E-state index contributed by atoms with van der Waals surface area (Å²) >= 11 is 0. The lowest BCUT2D eigenvalue weighted by Crippen LogP contribution is -2.40. The number of carbonyl (C=O) groups excluding carboxylic acids is 3. The summed E-state index contributed by atoms with van der Waals surface area (Å²) in [7, 11) is 0. The van der Waals surface area contributed by atoms with Crippen molar-refractivity contribution in [2.75, 3.05) is 16.8 Å². The van der Waals surface area contributed by atoms with E-state index in [0.29, 0.717) is 12.2 Å². The fraction of sp³-hybridized carbons (Fsp3) is 0.526. The molecule has 2 aliphatic rings. The third-order valence-corrected chi connectivity index (χ3v) is 4.95. The first kappa shape index (κ1) is 17.5. The average molecular weight is 343 g/mol. The molecule has 6 heteroatoms. The number of anilines is 2. The lowest BCUT2D eigenvalue weighted by Gasteiger charge is -2.24. The Labute approximate surface area is 148 Å². The average Bonchev–Trinajstić information content (AvgIpc) is 2.98. The van der Waals surface area contributed by atoms with E-state index >= 15 is 0 Å². The lowest BCUT2D eigenvalue weighted by atomic mass is 9.95. The number of amides is 3. The van der Waals surface area contributed by atoms with Gasteiger partial charge in [0.15, 0.2) is 0 Å². The van der Waals surface area contributed by atoms with Gasteiger partial charge in [0.2, 0.25) is 17.7 Å². The smallest absolute Gasteiger partial charge is 0.227 e. The predicted molar refractivity (Wildman–Crippen MR) is 96.2 cm³/mol. The molecule has 1 aliphatic heterocycles. The zero-order valence-electron chi connectivity index (χ0n) is 14.6. The van der Waals surface area contributed by atoms with Crippen LogP contribution in [-0.4, -0.2) is 30.3 Å². The number of carbonyl (C=O) groups is 3. The van der Waals surface area contributed by atoms with Crippen LogP contribution in [0.15, 0.2) is 24.3 Å². The van der Waals surface area contributed by atoms with E-state index in [1.165, 1.54) is 26.2 Å². The third kappa shape index (κ3) is 4.38. The predicted octanol–water partition coefficient (Wildman–Crippen LogP) is 2.45. The Kier molecular flexibility index (Phi) is 5.36. The lowest BCUT2D eigenvalue weighted by molar-refractivity contribution is -0.127. The molecule has 1 heterocycles. The number of hydrogen-bond donors (Lipinski definition) is 2. The highest BCUT2D eigenvalue weighted by atomic mass is 16.2. The van der Waals surface area contributed by atoms with E-state index in [2.05, 4.69) is 10.6 Å². The van der Waals surface area contributed by atoms with E-state index in [0.717, 1.165) is 18.5 Å². The quantitative estimate of drug-likeness (QED) is 0.881. The van der Waals surface area contributed by atoms with E-state index in [9.17, 15) is 14.4 Å². The largest absolute Gasteiger partial charge is 0.353 e. The molecule has 1 saturated heterocycles. The normalized spacial score (nSPS) is 21.2. The van der Waals surface area contributed by atoms with Crippen LogP contribution in [0.2, 0.25) is 0 Å². The molecule has 2 fully saturated rings. The second-order valence-corrected chi connectivity index (χ2v) is 6.98. The number of nitrogens with zero attached hydrogens (tertiary/aromatic N) is 1. The fourth-order valence-corrected chi connectivity index (χ4v) is 3.63. The highest BCUT2D eigenvalue weighted by Crippen LogP contribution is 2.27. The van der Waals surface area contributed by atoms with Gasteiger partial charge in [0.1, 0.15) is 0 Å². The number of rotatable bonds is 4. The van der Waals surface area contributed by atoms with Crippen molar-refractivity contribution in [2.24, 2.45) is 5.92 Å². The summed E-state index contributed by atoms with van der Waals surface area (Å²) < 4.78 is 0. The minimum Gasteiger partial charge on any atom is -0.353 e. The molecule has 1 atom stereocenters. The van der Waals surface area contributed by atoms with Crippen molar-refractivity contribution in [3.8, 4) is 0 Å². The molecule has 1 saturated carbocycles. The highest BCUT2D eigenvalue weighted by Gasteiger charge is 2.35. The number of benzene rings is 1. The molecular formula is C19H25N3O3. The van der Waals surface area contributed by atoms with E-state index < -0.39 is 0 Å². The van der Waals surface area contributed by atoms with E-state index in [1.54, 1.807) is 29.2 Å². The topological polar surface area (TPSA) is 78.5 Å². The Morgan fingerprint density at radius 2 is 1.76 bits per heavy atom. The first-order chi connectivity index (χ1) is 12.0. The van der Waals surface area contributed by atoms with Crippen LogP contribution < -0.4 is 15.5 Å². The maximum Gasteiger partial charge on any atom is 0.227 e. The Bertz CT molecular complexity index is 650. The van der Waals surface area contributed by atoms with Gasteiger partial charge in [-0.3, -0.25) is 14.4 Å². The Balaban J connectivity index is 1.59. The van der Waals surface area contributed by atoms with Gasteiger partial charge in [-0.05, 0) is 37.1 Å². The van der Waals surface area contributed by atoms with Crippen molar-refractivity contribution in [2.45, 2.75) is 51.5 Å². The van der Waals surface area contributed by atoms with Crippen LogP contribution >= 0.6 is 0 Å². The van der Waals surface area contributed by atoms with Crippen LogP contribution in [0.25, 0.3) is 0 Å². The van der Waals surface area contributed by atoms with Crippen LogP contribution in [0.3, 0.4) is 0 Å². The molecule has 134 valence electrons. The minimum atomic E-state index is -0.288. The summed E-state index contributed by atoms with van der Waals surface area (Å²) in [5, 5.41) is 5.82. The van der Waals surface area contributed by atoms with Gasteiger partial charge in [0.05, 0.1) is 5.92 Å². The first-order valence-electron chi connectivity index (χ1n) is 9.01.